The van der Waals surface area contributed by atoms with Gasteiger partial charge in [0.05, 0.1) is 11.7 Å². The van der Waals surface area contributed by atoms with Crippen LogP contribution in [0.25, 0.3) is 0 Å². The number of aromatic nitrogens is 4. The minimum Gasteiger partial charge on any atom is -0.391 e. The van der Waals surface area contributed by atoms with Crippen molar-refractivity contribution in [2.75, 3.05) is 28.6 Å². The molecule has 4 saturated carbocycles. The zero-order valence-corrected chi connectivity index (χ0v) is 18.2. The third-order valence-electron chi connectivity index (χ3n) is 7.79. The lowest BCUT2D eigenvalue weighted by Gasteiger charge is -2.58. The van der Waals surface area contributed by atoms with Gasteiger partial charge in [0, 0.05) is 30.9 Å². The van der Waals surface area contributed by atoms with Gasteiger partial charge in [0.25, 0.3) is 0 Å². The number of hydrogen-bond acceptors (Lipinski definition) is 8. The van der Waals surface area contributed by atoms with Crippen LogP contribution in [0.3, 0.4) is 0 Å². The first-order chi connectivity index (χ1) is 15.3. The lowest BCUT2D eigenvalue weighted by Crippen LogP contribution is -2.59. The summed E-state index contributed by atoms with van der Waals surface area (Å²) in [6.07, 6.45) is 4.86. The number of halogens is 1. The van der Waals surface area contributed by atoms with Crippen LogP contribution >= 0.6 is 0 Å². The van der Waals surface area contributed by atoms with E-state index >= 15 is 4.39 Å². The van der Waals surface area contributed by atoms with E-state index in [1.807, 2.05) is 6.92 Å². The van der Waals surface area contributed by atoms with Crippen molar-refractivity contribution in [3.05, 3.63) is 17.6 Å². The number of β-amino-alcohol motifs (C(OH)–C–C–N with tert-alkyl or cyclic N) is 1. The first-order valence-corrected chi connectivity index (χ1v) is 11.6. The standard InChI is InChI=1S/C22H30FN7O2/c1-11-4-16(29-28-11)24-19-17(23)20(30-3-2-15(31)10-30)27-21(26-19)25-18-13-5-12-6-14(18)9-22(32,7-12)8-13/h4,12-15,18,31-32H,2-3,5-10H2,1H3,(H3,24,25,26,27,28,29)/t12?,13-,14-,15-,18?,22?/m0/s1. The first-order valence-electron chi connectivity index (χ1n) is 11.6. The molecule has 2 aromatic rings. The Bertz CT molecular complexity index is 1010. The average molecular weight is 444 g/mol. The Kier molecular flexibility index (Phi) is 4.59. The van der Waals surface area contributed by atoms with Crippen molar-refractivity contribution in [3.8, 4) is 0 Å². The fourth-order valence-electron chi connectivity index (χ4n) is 6.70. The molecule has 172 valence electrons. The lowest BCUT2D eigenvalue weighted by atomic mass is 9.52. The molecule has 0 spiro atoms. The van der Waals surface area contributed by atoms with Crippen molar-refractivity contribution in [2.45, 2.75) is 63.2 Å². The number of rotatable bonds is 5. The summed E-state index contributed by atoms with van der Waals surface area (Å²) >= 11 is 0. The number of H-pyrrole nitrogens is 1. The summed E-state index contributed by atoms with van der Waals surface area (Å²) < 4.78 is 15.4. The van der Waals surface area contributed by atoms with Crippen molar-refractivity contribution in [1.82, 2.24) is 20.2 Å². The zero-order valence-electron chi connectivity index (χ0n) is 18.2. The zero-order chi connectivity index (χ0) is 22.0. The quantitative estimate of drug-likeness (QED) is 0.477. The van der Waals surface area contributed by atoms with Gasteiger partial charge in [-0.3, -0.25) is 5.10 Å². The maximum absolute atomic E-state index is 15.4. The second-order valence-electron chi connectivity index (χ2n) is 10.3. The van der Waals surface area contributed by atoms with E-state index < -0.39 is 17.5 Å². The number of anilines is 4. The molecule has 3 atom stereocenters. The molecule has 5 N–H and O–H groups in total. The van der Waals surface area contributed by atoms with E-state index in [2.05, 4.69) is 30.8 Å². The summed E-state index contributed by atoms with van der Waals surface area (Å²) in [5, 5.41) is 34.3. The second-order valence-corrected chi connectivity index (χ2v) is 10.3. The highest BCUT2D eigenvalue weighted by Crippen LogP contribution is 2.56. The molecule has 4 bridgehead atoms. The van der Waals surface area contributed by atoms with E-state index in [1.165, 1.54) is 0 Å². The number of aromatic amines is 1. The van der Waals surface area contributed by atoms with Crippen LogP contribution in [0.15, 0.2) is 6.07 Å². The van der Waals surface area contributed by atoms with Gasteiger partial charge >= 0.3 is 0 Å². The number of aliphatic hydroxyl groups is 2. The molecule has 2 aromatic heterocycles. The second kappa shape index (κ2) is 7.28. The van der Waals surface area contributed by atoms with Gasteiger partial charge in [-0.25, -0.2) is 0 Å². The van der Waals surface area contributed by atoms with Gasteiger partial charge in [-0.15, -0.1) is 0 Å². The number of nitrogens with one attached hydrogen (secondary N) is 3. The van der Waals surface area contributed by atoms with Gasteiger partial charge in [-0.1, -0.05) is 0 Å². The minimum atomic E-state index is -0.551. The van der Waals surface area contributed by atoms with Crippen molar-refractivity contribution in [3.63, 3.8) is 0 Å². The third kappa shape index (κ3) is 3.49. The first kappa shape index (κ1) is 20.2. The average Bonchev–Trinajstić information content (AvgIpc) is 3.33. The summed E-state index contributed by atoms with van der Waals surface area (Å²) in [5.74, 6) is 1.92. The summed E-state index contributed by atoms with van der Waals surface area (Å²) in [5.41, 5.74) is 0.342. The van der Waals surface area contributed by atoms with Crippen LogP contribution in [0, 0.1) is 30.5 Å². The van der Waals surface area contributed by atoms with Crippen LogP contribution in [0.5, 0.6) is 0 Å². The van der Waals surface area contributed by atoms with E-state index in [0.29, 0.717) is 49.0 Å². The van der Waals surface area contributed by atoms with Crippen LogP contribution in [0.1, 0.15) is 44.2 Å². The van der Waals surface area contributed by atoms with E-state index in [0.717, 1.165) is 37.8 Å². The molecular formula is C22H30FN7O2. The fraction of sp³-hybridized carbons (Fsp3) is 0.682. The number of hydrogen-bond donors (Lipinski definition) is 5. The molecule has 1 saturated heterocycles. The Hall–Kier alpha value is -2.46. The molecule has 0 amide bonds. The molecule has 10 heteroatoms. The molecule has 5 fully saturated rings. The van der Waals surface area contributed by atoms with Gasteiger partial charge in [-0.05, 0) is 63.2 Å². The lowest BCUT2D eigenvalue weighted by molar-refractivity contribution is -0.129. The molecule has 1 aliphatic heterocycles. The molecule has 3 heterocycles. The van der Waals surface area contributed by atoms with Gasteiger partial charge in [0.2, 0.25) is 11.8 Å². The molecule has 0 unspecified atom stereocenters. The van der Waals surface area contributed by atoms with Crippen molar-refractivity contribution in [2.24, 2.45) is 17.8 Å². The Labute approximate surface area is 185 Å². The number of aryl methyl sites for hydroxylation is 1. The maximum atomic E-state index is 15.4. The summed E-state index contributed by atoms with van der Waals surface area (Å²) in [6.45, 7) is 2.76. The highest BCUT2D eigenvalue weighted by atomic mass is 19.1. The van der Waals surface area contributed by atoms with Crippen molar-refractivity contribution >= 4 is 23.4 Å². The van der Waals surface area contributed by atoms with Crippen molar-refractivity contribution in [1.29, 1.82) is 0 Å². The van der Waals surface area contributed by atoms with Gasteiger partial charge in [0.15, 0.2) is 17.5 Å². The van der Waals surface area contributed by atoms with Gasteiger partial charge < -0.3 is 25.7 Å². The predicted octanol–water partition coefficient (Wildman–Crippen LogP) is 2.31. The normalized spacial score (nSPS) is 35.5. The topological polar surface area (TPSA) is 122 Å². The van der Waals surface area contributed by atoms with E-state index in [9.17, 15) is 10.2 Å². The van der Waals surface area contributed by atoms with Gasteiger partial charge in [-0.2, -0.15) is 19.5 Å². The number of nitrogens with zero attached hydrogens (tertiary/aromatic N) is 4. The Morgan fingerprint density at radius 1 is 1.22 bits per heavy atom. The van der Waals surface area contributed by atoms with E-state index in [-0.39, 0.29) is 17.7 Å². The van der Waals surface area contributed by atoms with Crippen LogP contribution in [-0.2, 0) is 0 Å². The Morgan fingerprint density at radius 3 is 2.62 bits per heavy atom. The molecule has 32 heavy (non-hydrogen) atoms. The monoisotopic (exact) mass is 443 g/mol. The Morgan fingerprint density at radius 2 is 2.00 bits per heavy atom. The van der Waals surface area contributed by atoms with Crippen LogP contribution in [0.4, 0.5) is 27.8 Å². The van der Waals surface area contributed by atoms with Crippen LogP contribution in [0.2, 0.25) is 0 Å². The fourth-order valence-corrected chi connectivity index (χ4v) is 6.70. The Balaban J connectivity index is 1.32. The molecule has 9 nitrogen and oxygen atoms in total. The van der Waals surface area contributed by atoms with Crippen LogP contribution in [-0.4, -0.2) is 61.2 Å². The van der Waals surface area contributed by atoms with E-state index in [1.54, 1.807) is 11.0 Å². The highest BCUT2D eigenvalue weighted by Gasteiger charge is 2.54. The SMILES string of the molecule is Cc1cc(Nc2nc(NC3[C@H]4CC5C[C@H]3CC(O)(C5)C4)nc(N3CC[C@H](O)C3)c2F)n[nH]1. The maximum Gasteiger partial charge on any atom is 0.227 e. The summed E-state index contributed by atoms with van der Waals surface area (Å²) in [4.78, 5) is 10.8. The van der Waals surface area contributed by atoms with Crippen LogP contribution < -0.4 is 15.5 Å². The van der Waals surface area contributed by atoms with Gasteiger partial charge in [0.1, 0.15) is 0 Å². The predicted molar refractivity (Wildman–Crippen MR) is 117 cm³/mol. The summed E-state index contributed by atoms with van der Waals surface area (Å²) in [6, 6.07) is 1.96. The number of aliphatic hydroxyl groups excluding tert-OH is 1. The van der Waals surface area contributed by atoms with E-state index in [4.69, 9.17) is 0 Å². The molecular weight excluding hydrogens is 413 g/mol. The largest absolute Gasteiger partial charge is 0.391 e. The van der Waals surface area contributed by atoms with Crippen molar-refractivity contribution < 1.29 is 14.6 Å². The molecule has 7 rings (SSSR count). The highest BCUT2D eigenvalue weighted by molar-refractivity contribution is 5.61. The smallest absolute Gasteiger partial charge is 0.227 e. The minimum absolute atomic E-state index is 0.0628. The molecule has 4 aliphatic carbocycles. The third-order valence-corrected chi connectivity index (χ3v) is 7.79. The molecule has 5 aliphatic rings. The molecule has 0 aromatic carbocycles. The molecule has 0 radical (unpaired) electrons. The summed E-state index contributed by atoms with van der Waals surface area (Å²) in [7, 11) is 0.